The van der Waals surface area contributed by atoms with Crippen LogP contribution in [0.3, 0.4) is 0 Å². The fraction of sp³-hybridized carbons (Fsp3) is 0.714. The van der Waals surface area contributed by atoms with E-state index in [4.69, 9.17) is 4.74 Å². The molecule has 0 unspecified atom stereocenters. The Balaban J connectivity index is 1.82. The maximum atomic E-state index is 5.01. The number of nitrogens with one attached hydrogen (secondary N) is 1. The molecule has 1 saturated heterocycles. The number of aromatic nitrogens is 2. The summed E-state index contributed by atoms with van der Waals surface area (Å²) in [6, 6.07) is 0.473. The van der Waals surface area contributed by atoms with Gasteiger partial charge in [0.2, 0.25) is 0 Å². The highest BCUT2D eigenvalue weighted by atomic mass is 16.6. The Morgan fingerprint density at radius 2 is 2.33 bits per heavy atom. The Kier molecular flexibility index (Phi) is 2.05. The summed E-state index contributed by atoms with van der Waals surface area (Å²) in [5.41, 5.74) is 1.73. The van der Waals surface area contributed by atoms with Gasteiger partial charge in [-0.3, -0.25) is 0 Å². The summed E-state index contributed by atoms with van der Waals surface area (Å²) in [5, 5.41) is 10.7. The zero-order valence-corrected chi connectivity index (χ0v) is 6.91. The molecule has 5 heteroatoms. The first kappa shape index (κ1) is 7.70. The molecule has 2 heterocycles. The number of ether oxygens (including phenoxy) is 1. The van der Waals surface area contributed by atoms with Gasteiger partial charge in [0.05, 0.1) is 19.3 Å². The van der Waals surface area contributed by atoms with Gasteiger partial charge in [-0.15, -0.1) is 0 Å². The van der Waals surface area contributed by atoms with Crippen LogP contribution in [0.2, 0.25) is 0 Å². The van der Waals surface area contributed by atoms with Crippen molar-refractivity contribution in [3.05, 3.63) is 11.4 Å². The lowest BCUT2D eigenvalue weighted by molar-refractivity contribution is -0.00601. The first-order valence-electron chi connectivity index (χ1n) is 3.95. The predicted molar refractivity (Wildman–Crippen MR) is 40.5 cm³/mol. The van der Waals surface area contributed by atoms with E-state index in [2.05, 4.69) is 20.3 Å². The van der Waals surface area contributed by atoms with Crippen molar-refractivity contribution in [3.63, 3.8) is 0 Å². The summed E-state index contributed by atoms with van der Waals surface area (Å²) in [6.45, 7) is 4.18. The van der Waals surface area contributed by atoms with Crippen LogP contribution in [-0.2, 0) is 11.3 Å². The van der Waals surface area contributed by atoms with E-state index in [1.807, 2.05) is 6.92 Å². The topological polar surface area (TPSA) is 60.2 Å². The lowest BCUT2D eigenvalue weighted by atomic mass is 10.2. The highest BCUT2D eigenvalue weighted by Gasteiger charge is 2.18. The van der Waals surface area contributed by atoms with Gasteiger partial charge in [0.25, 0.3) is 0 Å². The SMILES string of the molecule is Cc1nonc1CNC1COC1. The van der Waals surface area contributed by atoms with Crippen molar-refractivity contribution in [2.24, 2.45) is 0 Å². The molecule has 0 radical (unpaired) electrons. The number of hydrogen-bond donors (Lipinski definition) is 1. The third kappa shape index (κ3) is 1.46. The monoisotopic (exact) mass is 169 g/mol. The summed E-state index contributed by atoms with van der Waals surface area (Å²) >= 11 is 0. The van der Waals surface area contributed by atoms with Gasteiger partial charge in [-0.2, -0.15) is 0 Å². The molecule has 0 bridgehead atoms. The lowest BCUT2D eigenvalue weighted by Gasteiger charge is -2.26. The van der Waals surface area contributed by atoms with Gasteiger partial charge in [-0.25, -0.2) is 4.63 Å². The maximum Gasteiger partial charge on any atom is 0.121 e. The van der Waals surface area contributed by atoms with E-state index in [1.54, 1.807) is 0 Å². The summed E-state index contributed by atoms with van der Waals surface area (Å²) in [5.74, 6) is 0. The second kappa shape index (κ2) is 3.20. The van der Waals surface area contributed by atoms with E-state index in [1.165, 1.54) is 0 Å². The molecule has 0 atom stereocenters. The third-order valence-corrected chi connectivity index (χ3v) is 1.94. The van der Waals surface area contributed by atoms with Gasteiger partial charge in [0, 0.05) is 6.54 Å². The molecule has 1 aromatic heterocycles. The lowest BCUT2D eigenvalue weighted by Crippen LogP contribution is -2.45. The van der Waals surface area contributed by atoms with Crippen molar-refractivity contribution in [1.82, 2.24) is 15.6 Å². The van der Waals surface area contributed by atoms with Gasteiger partial charge < -0.3 is 10.1 Å². The molecular formula is C7H11N3O2. The molecular weight excluding hydrogens is 158 g/mol. The number of nitrogens with zero attached hydrogens (tertiary/aromatic N) is 2. The molecule has 5 nitrogen and oxygen atoms in total. The van der Waals surface area contributed by atoms with Crippen LogP contribution in [0.15, 0.2) is 4.63 Å². The van der Waals surface area contributed by atoms with E-state index in [0.29, 0.717) is 12.6 Å². The largest absolute Gasteiger partial charge is 0.378 e. The van der Waals surface area contributed by atoms with Crippen LogP contribution in [0, 0.1) is 6.92 Å². The van der Waals surface area contributed by atoms with Crippen LogP contribution >= 0.6 is 0 Å². The maximum absolute atomic E-state index is 5.01. The average Bonchev–Trinajstić information content (AvgIpc) is 2.33. The van der Waals surface area contributed by atoms with Gasteiger partial charge >= 0.3 is 0 Å². The van der Waals surface area contributed by atoms with Crippen LogP contribution in [0.5, 0.6) is 0 Å². The normalized spacial score (nSPS) is 17.8. The van der Waals surface area contributed by atoms with E-state index in [-0.39, 0.29) is 0 Å². The number of aryl methyl sites for hydroxylation is 1. The summed E-state index contributed by atoms with van der Waals surface area (Å²) < 4.78 is 9.57. The average molecular weight is 169 g/mol. The molecule has 1 aliphatic rings. The Morgan fingerprint density at radius 1 is 1.50 bits per heavy atom. The quantitative estimate of drug-likeness (QED) is 0.682. The molecule has 1 aliphatic heterocycles. The third-order valence-electron chi connectivity index (χ3n) is 1.94. The van der Waals surface area contributed by atoms with Crippen molar-refractivity contribution >= 4 is 0 Å². The zero-order chi connectivity index (χ0) is 8.39. The molecule has 1 aromatic rings. The summed E-state index contributed by atoms with van der Waals surface area (Å²) in [6.07, 6.45) is 0. The highest BCUT2D eigenvalue weighted by Crippen LogP contribution is 2.03. The standard InChI is InChI=1S/C7H11N3O2/c1-5-7(10-12-9-5)2-8-6-3-11-4-6/h6,8H,2-4H2,1H3. The number of hydrogen-bond acceptors (Lipinski definition) is 5. The Hall–Kier alpha value is -0.940. The fourth-order valence-corrected chi connectivity index (χ4v) is 1.00. The van der Waals surface area contributed by atoms with Crippen LogP contribution in [-0.4, -0.2) is 29.6 Å². The minimum atomic E-state index is 0.473. The van der Waals surface area contributed by atoms with Gasteiger partial charge in [-0.1, -0.05) is 10.3 Å². The molecule has 2 rings (SSSR count). The highest BCUT2D eigenvalue weighted by molar-refractivity contribution is 5.04. The van der Waals surface area contributed by atoms with Crippen molar-refractivity contribution in [2.45, 2.75) is 19.5 Å². The molecule has 0 saturated carbocycles. The summed E-state index contributed by atoms with van der Waals surface area (Å²) in [7, 11) is 0. The number of rotatable bonds is 3. The minimum absolute atomic E-state index is 0.473. The van der Waals surface area contributed by atoms with Crippen molar-refractivity contribution in [2.75, 3.05) is 13.2 Å². The van der Waals surface area contributed by atoms with E-state index >= 15 is 0 Å². The van der Waals surface area contributed by atoms with Crippen LogP contribution in [0.1, 0.15) is 11.4 Å². The van der Waals surface area contributed by atoms with Crippen LogP contribution < -0.4 is 5.32 Å². The molecule has 0 spiro atoms. The van der Waals surface area contributed by atoms with Crippen LogP contribution in [0.25, 0.3) is 0 Å². The van der Waals surface area contributed by atoms with Crippen molar-refractivity contribution in [1.29, 1.82) is 0 Å². The van der Waals surface area contributed by atoms with Gasteiger partial charge in [-0.05, 0) is 6.92 Å². The van der Waals surface area contributed by atoms with E-state index < -0.39 is 0 Å². The Labute approximate surface area is 70.1 Å². The second-order valence-electron chi connectivity index (χ2n) is 2.91. The summed E-state index contributed by atoms with van der Waals surface area (Å²) in [4.78, 5) is 0. The first-order chi connectivity index (χ1) is 5.86. The van der Waals surface area contributed by atoms with Gasteiger partial charge in [0.1, 0.15) is 11.4 Å². The Morgan fingerprint density at radius 3 is 2.83 bits per heavy atom. The van der Waals surface area contributed by atoms with Gasteiger partial charge in [0.15, 0.2) is 0 Å². The predicted octanol–water partition coefficient (Wildman–Crippen LogP) is -0.134. The molecule has 12 heavy (non-hydrogen) atoms. The molecule has 0 aromatic carbocycles. The smallest absolute Gasteiger partial charge is 0.121 e. The van der Waals surface area contributed by atoms with Crippen LogP contribution in [0.4, 0.5) is 0 Å². The molecule has 1 N–H and O–H groups in total. The molecule has 1 fully saturated rings. The van der Waals surface area contributed by atoms with Crippen molar-refractivity contribution < 1.29 is 9.37 Å². The van der Waals surface area contributed by atoms with Crippen molar-refractivity contribution in [3.8, 4) is 0 Å². The zero-order valence-electron chi connectivity index (χ0n) is 6.91. The first-order valence-corrected chi connectivity index (χ1v) is 3.95. The molecule has 0 amide bonds. The molecule has 0 aliphatic carbocycles. The van der Waals surface area contributed by atoms with E-state index in [9.17, 15) is 0 Å². The fourth-order valence-electron chi connectivity index (χ4n) is 1.00. The minimum Gasteiger partial charge on any atom is -0.378 e. The second-order valence-corrected chi connectivity index (χ2v) is 2.91. The Bertz CT molecular complexity index is 257. The van der Waals surface area contributed by atoms with E-state index in [0.717, 1.165) is 24.6 Å². The molecule has 66 valence electrons.